The molecule has 0 saturated carbocycles. The van der Waals surface area contributed by atoms with Crippen LogP contribution in [0.3, 0.4) is 0 Å². The highest BCUT2D eigenvalue weighted by Crippen LogP contribution is 2.17. The Morgan fingerprint density at radius 3 is 2.61 bits per heavy atom. The fraction of sp³-hybridized carbons (Fsp3) is 0.750. The van der Waals surface area contributed by atoms with Gasteiger partial charge >= 0.3 is 0 Å². The van der Waals surface area contributed by atoms with Gasteiger partial charge in [0, 0.05) is 34.3 Å². The molecule has 1 atom stereocenters. The van der Waals surface area contributed by atoms with Crippen LogP contribution in [0.1, 0.15) is 30.0 Å². The number of nitrogens with zero attached hydrogens (tertiary/aromatic N) is 1. The number of imide groups is 1. The second kappa shape index (κ2) is 6.49. The monoisotopic (exact) mass is 259 g/mol. The van der Waals surface area contributed by atoms with E-state index in [0.29, 0.717) is 19.1 Å². The Kier molecular flexibility index (Phi) is 5.27. The van der Waals surface area contributed by atoms with Gasteiger partial charge in [0.2, 0.25) is 17.7 Å². The summed E-state index contributed by atoms with van der Waals surface area (Å²) in [4.78, 5) is 35.6. The Balaban J connectivity index is 0. The summed E-state index contributed by atoms with van der Waals surface area (Å²) in [5.74, 6) is -1.11. The molecule has 3 amide bonds. The summed E-state index contributed by atoms with van der Waals surface area (Å²) < 4.78 is 0. The van der Waals surface area contributed by atoms with Gasteiger partial charge < -0.3 is 10.6 Å². The van der Waals surface area contributed by atoms with E-state index in [1.165, 1.54) is 0 Å². The maximum atomic E-state index is 11.6. The van der Waals surface area contributed by atoms with Crippen molar-refractivity contribution in [3.8, 4) is 0 Å². The highest BCUT2D eigenvalue weighted by molar-refractivity contribution is 6.05. The van der Waals surface area contributed by atoms with Crippen molar-refractivity contribution in [3.05, 3.63) is 0 Å². The first-order valence-electron chi connectivity index (χ1n) is 6.26. The highest BCUT2D eigenvalue weighted by Gasteiger charge is 2.36. The van der Waals surface area contributed by atoms with Crippen LogP contribution in [0.4, 0.5) is 0 Å². The molecule has 1 aliphatic rings. The van der Waals surface area contributed by atoms with E-state index < -0.39 is 0 Å². The third-order valence-electron chi connectivity index (χ3n) is 2.77. The summed E-state index contributed by atoms with van der Waals surface area (Å²) in [6, 6.07) is 0.365. The zero-order valence-corrected chi connectivity index (χ0v) is 11.2. The minimum absolute atomic E-state index is 0. The number of amides is 3. The highest BCUT2D eigenvalue weighted by atomic mass is 16.2. The Morgan fingerprint density at radius 2 is 2.11 bits per heavy atom. The molecule has 18 heavy (non-hydrogen) atoms. The minimum atomic E-state index is -0.298. The van der Waals surface area contributed by atoms with Gasteiger partial charge in [0.15, 0.2) is 0 Å². The van der Waals surface area contributed by atoms with E-state index in [9.17, 15) is 14.4 Å². The summed E-state index contributed by atoms with van der Waals surface area (Å²) in [5.41, 5.74) is 0. The molecule has 1 unspecified atom stereocenters. The molecule has 1 aliphatic heterocycles. The van der Waals surface area contributed by atoms with E-state index in [2.05, 4.69) is 10.6 Å². The average molecular weight is 259 g/mol. The third kappa shape index (κ3) is 4.10. The number of hydrogen-bond acceptors (Lipinski definition) is 4. The largest absolute Gasteiger partial charge is 0.353 e. The van der Waals surface area contributed by atoms with Gasteiger partial charge in [0.05, 0.1) is 0 Å². The Hall–Kier alpha value is -1.43. The van der Waals surface area contributed by atoms with E-state index in [0.717, 1.165) is 4.90 Å². The Bertz CT molecular complexity index is 351. The van der Waals surface area contributed by atoms with Crippen LogP contribution >= 0.6 is 0 Å². The molecule has 6 nitrogen and oxygen atoms in total. The molecule has 0 radical (unpaired) electrons. The van der Waals surface area contributed by atoms with Gasteiger partial charge in [-0.1, -0.05) is 20.8 Å². The van der Waals surface area contributed by atoms with Crippen molar-refractivity contribution >= 4 is 17.7 Å². The third-order valence-corrected chi connectivity index (χ3v) is 2.77. The van der Waals surface area contributed by atoms with Gasteiger partial charge in [-0.15, -0.1) is 0 Å². The van der Waals surface area contributed by atoms with Crippen LogP contribution < -0.4 is 10.6 Å². The van der Waals surface area contributed by atoms with Crippen LogP contribution in [-0.4, -0.2) is 48.3 Å². The fourth-order valence-electron chi connectivity index (χ4n) is 1.78. The van der Waals surface area contributed by atoms with E-state index in [1.54, 1.807) is 6.92 Å². The van der Waals surface area contributed by atoms with E-state index in [1.807, 2.05) is 13.8 Å². The first kappa shape index (κ1) is 14.6. The molecule has 0 bridgehead atoms. The number of carbonyl (C=O) groups excluding carboxylic acids is 3. The fourth-order valence-corrected chi connectivity index (χ4v) is 1.78. The predicted octanol–water partition coefficient (Wildman–Crippen LogP) is -0.0124. The van der Waals surface area contributed by atoms with Crippen LogP contribution in [0.25, 0.3) is 0 Å². The number of carbonyl (C=O) groups is 3. The second-order valence-electron chi connectivity index (χ2n) is 4.88. The Morgan fingerprint density at radius 1 is 1.44 bits per heavy atom. The lowest BCUT2D eigenvalue weighted by atomic mass is 10.1. The van der Waals surface area contributed by atoms with Crippen LogP contribution in [0.5, 0.6) is 0 Å². The zero-order chi connectivity index (χ0) is 13.7. The molecule has 1 rings (SSSR count). The molecule has 2 N–H and O–H groups in total. The first-order chi connectivity index (χ1) is 8.41. The molecular formula is C12H25N3O3. The number of nitrogens with one attached hydrogen (secondary N) is 2. The number of rotatable bonds is 6. The van der Waals surface area contributed by atoms with Gasteiger partial charge in [0.25, 0.3) is 0 Å². The molecule has 106 valence electrons. The van der Waals surface area contributed by atoms with Crippen molar-refractivity contribution in [1.82, 2.24) is 15.5 Å². The molecule has 1 heterocycles. The van der Waals surface area contributed by atoms with Crippen molar-refractivity contribution in [2.75, 3.05) is 19.6 Å². The Labute approximate surface area is 110 Å². The van der Waals surface area contributed by atoms with E-state index in [4.69, 9.17) is 0 Å². The van der Waals surface area contributed by atoms with Crippen molar-refractivity contribution in [3.63, 3.8) is 0 Å². The SMILES string of the molecule is CC(C)NCCNC(=O)CN1C(=O)CC(C)C1=O.[HH].[HH]. The van der Waals surface area contributed by atoms with Crippen LogP contribution in [-0.2, 0) is 14.4 Å². The normalized spacial score (nSPS) is 19.8. The molecule has 0 aromatic rings. The van der Waals surface area contributed by atoms with Gasteiger partial charge in [-0.2, -0.15) is 0 Å². The standard InChI is InChI=1S/C12H21N3O3.2H2/c1-8(2)13-4-5-14-10(16)7-15-11(17)6-9(3)12(15)18;;/h8-9,13H,4-7H2,1-3H3,(H,14,16);2*1H. The lowest BCUT2D eigenvalue weighted by Crippen LogP contribution is -2.42. The van der Waals surface area contributed by atoms with Crippen molar-refractivity contribution in [2.24, 2.45) is 5.92 Å². The molecule has 1 saturated heterocycles. The lowest BCUT2D eigenvalue weighted by molar-refractivity contribution is -0.143. The van der Waals surface area contributed by atoms with Crippen molar-refractivity contribution in [1.29, 1.82) is 0 Å². The first-order valence-corrected chi connectivity index (χ1v) is 6.26. The van der Waals surface area contributed by atoms with Gasteiger partial charge in [-0.05, 0) is 0 Å². The number of likely N-dealkylation sites (tertiary alicyclic amines) is 1. The molecule has 0 aromatic carbocycles. The molecule has 0 spiro atoms. The van der Waals surface area contributed by atoms with E-state index in [-0.39, 0.29) is 39.5 Å². The second-order valence-corrected chi connectivity index (χ2v) is 4.88. The van der Waals surface area contributed by atoms with Crippen molar-refractivity contribution < 1.29 is 17.2 Å². The van der Waals surface area contributed by atoms with Crippen molar-refractivity contribution in [2.45, 2.75) is 33.2 Å². The topological polar surface area (TPSA) is 78.5 Å². The maximum Gasteiger partial charge on any atom is 0.240 e. The molecule has 6 heteroatoms. The summed E-state index contributed by atoms with van der Waals surface area (Å²) in [7, 11) is 0. The smallest absolute Gasteiger partial charge is 0.240 e. The molecule has 1 fully saturated rings. The molecular weight excluding hydrogens is 234 g/mol. The zero-order valence-electron chi connectivity index (χ0n) is 11.2. The quantitative estimate of drug-likeness (QED) is 0.519. The summed E-state index contributed by atoms with van der Waals surface area (Å²) in [6.45, 7) is 6.73. The lowest BCUT2D eigenvalue weighted by Gasteiger charge is -2.14. The average Bonchev–Trinajstić information content (AvgIpc) is 2.51. The summed E-state index contributed by atoms with van der Waals surface area (Å²) in [5, 5.41) is 5.83. The predicted molar refractivity (Wildman–Crippen MR) is 70.9 cm³/mol. The van der Waals surface area contributed by atoms with Gasteiger partial charge in [-0.3, -0.25) is 19.3 Å². The summed E-state index contributed by atoms with van der Waals surface area (Å²) >= 11 is 0. The number of hydrogen-bond donors (Lipinski definition) is 2. The molecule has 0 aliphatic carbocycles. The van der Waals surface area contributed by atoms with Crippen LogP contribution in [0.15, 0.2) is 0 Å². The minimum Gasteiger partial charge on any atom is -0.353 e. The summed E-state index contributed by atoms with van der Waals surface area (Å²) in [6.07, 6.45) is 0.209. The molecule has 0 aromatic heterocycles. The van der Waals surface area contributed by atoms with Gasteiger partial charge in [-0.25, -0.2) is 0 Å². The van der Waals surface area contributed by atoms with Crippen LogP contribution in [0.2, 0.25) is 0 Å². The van der Waals surface area contributed by atoms with Crippen LogP contribution in [0, 0.1) is 5.92 Å². The van der Waals surface area contributed by atoms with Gasteiger partial charge in [0.1, 0.15) is 6.54 Å². The van der Waals surface area contributed by atoms with E-state index >= 15 is 0 Å². The maximum absolute atomic E-state index is 11.6.